The zero-order valence-corrected chi connectivity index (χ0v) is 8.70. The molecule has 0 bridgehead atoms. The third-order valence-corrected chi connectivity index (χ3v) is 1.92. The Balaban J connectivity index is 3.16. The normalized spacial score (nSPS) is 9.20. The Labute approximate surface area is 92.5 Å². The summed E-state index contributed by atoms with van der Waals surface area (Å²) in [7, 11) is 0. The number of thiol groups is 1. The Morgan fingerprint density at radius 1 is 1.53 bits per heavy atom. The standard InChI is InChI=1S/C10H9NO3S/c12-7-9-4-3-8(2-1-5-15)6-10(9)11(13)14/h3-4,6,12,15H,5,7H2. The fourth-order valence-electron chi connectivity index (χ4n) is 1.09. The monoisotopic (exact) mass is 223 g/mol. The van der Waals surface area contributed by atoms with Gasteiger partial charge in [-0.15, -0.1) is 0 Å². The molecule has 1 aromatic rings. The minimum Gasteiger partial charge on any atom is -0.391 e. The van der Waals surface area contributed by atoms with Gasteiger partial charge in [0, 0.05) is 11.6 Å². The molecule has 0 saturated heterocycles. The molecule has 0 heterocycles. The predicted molar refractivity (Wildman–Crippen MR) is 59.8 cm³/mol. The summed E-state index contributed by atoms with van der Waals surface area (Å²) < 4.78 is 0. The maximum atomic E-state index is 10.6. The molecule has 0 saturated carbocycles. The van der Waals surface area contributed by atoms with Crippen LogP contribution in [-0.2, 0) is 6.61 Å². The van der Waals surface area contributed by atoms with Crippen molar-refractivity contribution in [3.63, 3.8) is 0 Å². The number of aliphatic hydroxyl groups excluding tert-OH is 1. The van der Waals surface area contributed by atoms with Crippen LogP contribution in [0.15, 0.2) is 18.2 Å². The zero-order chi connectivity index (χ0) is 11.3. The van der Waals surface area contributed by atoms with Gasteiger partial charge < -0.3 is 5.11 Å². The molecule has 0 radical (unpaired) electrons. The Hall–Kier alpha value is -1.51. The van der Waals surface area contributed by atoms with E-state index in [0.717, 1.165) is 0 Å². The number of benzene rings is 1. The average Bonchev–Trinajstić information content (AvgIpc) is 2.25. The van der Waals surface area contributed by atoms with Crippen LogP contribution in [0.2, 0.25) is 0 Å². The summed E-state index contributed by atoms with van der Waals surface area (Å²) in [5.74, 6) is 5.82. The minimum absolute atomic E-state index is 0.108. The molecule has 1 N–H and O–H groups in total. The van der Waals surface area contributed by atoms with Crippen molar-refractivity contribution in [3.05, 3.63) is 39.4 Å². The summed E-state index contributed by atoms with van der Waals surface area (Å²) in [5, 5.41) is 19.5. The second-order valence-electron chi connectivity index (χ2n) is 2.72. The highest BCUT2D eigenvalue weighted by molar-refractivity contribution is 7.80. The van der Waals surface area contributed by atoms with Crippen molar-refractivity contribution >= 4 is 18.3 Å². The van der Waals surface area contributed by atoms with E-state index in [4.69, 9.17) is 5.11 Å². The number of rotatable bonds is 2. The lowest BCUT2D eigenvalue weighted by Gasteiger charge is -1.99. The first kappa shape index (κ1) is 11.6. The number of nitrogens with zero attached hydrogens (tertiary/aromatic N) is 1. The van der Waals surface area contributed by atoms with Gasteiger partial charge in [0.05, 0.1) is 22.8 Å². The highest BCUT2D eigenvalue weighted by atomic mass is 32.1. The fourth-order valence-corrected chi connectivity index (χ4v) is 1.17. The first-order valence-corrected chi connectivity index (χ1v) is 4.80. The first-order valence-electron chi connectivity index (χ1n) is 4.17. The van der Waals surface area contributed by atoms with Crippen LogP contribution in [0, 0.1) is 22.0 Å². The van der Waals surface area contributed by atoms with Gasteiger partial charge in [0.15, 0.2) is 0 Å². The lowest BCUT2D eigenvalue weighted by Crippen LogP contribution is -1.95. The maximum absolute atomic E-state index is 10.6. The van der Waals surface area contributed by atoms with E-state index in [1.807, 2.05) is 0 Å². The molecule has 0 atom stereocenters. The zero-order valence-electron chi connectivity index (χ0n) is 7.80. The third-order valence-electron chi connectivity index (χ3n) is 1.76. The molecular weight excluding hydrogens is 214 g/mol. The van der Waals surface area contributed by atoms with Crippen LogP contribution in [0.3, 0.4) is 0 Å². The van der Waals surface area contributed by atoms with Gasteiger partial charge in [-0.2, -0.15) is 12.6 Å². The molecule has 15 heavy (non-hydrogen) atoms. The highest BCUT2D eigenvalue weighted by Gasteiger charge is 2.12. The minimum atomic E-state index is -0.530. The molecule has 4 nitrogen and oxygen atoms in total. The van der Waals surface area contributed by atoms with Crippen molar-refractivity contribution in [2.24, 2.45) is 0 Å². The van der Waals surface area contributed by atoms with Crippen LogP contribution in [0.4, 0.5) is 5.69 Å². The number of aliphatic hydroxyl groups is 1. The second-order valence-corrected chi connectivity index (χ2v) is 3.03. The van der Waals surface area contributed by atoms with E-state index in [9.17, 15) is 10.1 Å². The van der Waals surface area contributed by atoms with Gasteiger partial charge in [-0.1, -0.05) is 11.8 Å². The average molecular weight is 223 g/mol. The van der Waals surface area contributed by atoms with E-state index in [1.165, 1.54) is 12.1 Å². The second kappa shape index (κ2) is 5.39. The molecule has 1 rings (SSSR count). The maximum Gasteiger partial charge on any atom is 0.276 e. The summed E-state index contributed by atoms with van der Waals surface area (Å²) in [4.78, 5) is 10.1. The van der Waals surface area contributed by atoms with E-state index in [2.05, 4.69) is 24.5 Å². The quantitative estimate of drug-likeness (QED) is 0.344. The van der Waals surface area contributed by atoms with Crippen molar-refractivity contribution in [2.75, 3.05) is 5.75 Å². The van der Waals surface area contributed by atoms with E-state index < -0.39 is 4.92 Å². The molecule has 0 spiro atoms. The van der Waals surface area contributed by atoms with Crippen LogP contribution < -0.4 is 0 Å². The molecule has 78 valence electrons. The van der Waals surface area contributed by atoms with Crippen LogP contribution in [-0.4, -0.2) is 15.8 Å². The SMILES string of the molecule is O=[N+]([O-])c1cc(C#CCS)ccc1CO. The lowest BCUT2D eigenvalue weighted by atomic mass is 10.1. The van der Waals surface area contributed by atoms with Crippen molar-refractivity contribution in [1.82, 2.24) is 0 Å². The molecule has 0 aliphatic heterocycles. The summed E-state index contributed by atoms with van der Waals surface area (Å²) in [5.41, 5.74) is 0.729. The van der Waals surface area contributed by atoms with Gasteiger partial charge in [-0.05, 0) is 12.1 Å². The summed E-state index contributed by atoms with van der Waals surface area (Å²) in [6, 6.07) is 4.48. The first-order chi connectivity index (χ1) is 7.19. The molecule has 0 aromatic heterocycles. The van der Waals surface area contributed by atoms with Gasteiger partial charge in [-0.3, -0.25) is 10.1 Å². The van der Waals surface area contributed by atoms with E-state index in [1.54, 1.807) is 6.07 Å². The van der Waals surface area contributed by atoms with Gasteiger partial charge in [0.1, 0.15) is 0 Å². The summed E-state index contributed by atoms with van der Waals surface area (Å²) in [6.07, 6.45) is 0. The Bertz CT molecular complexity index is 434. The van der Waals surface area contributed by atoms with Gasteiger partial charge in [0.2, 0.25) is 0 Å². The fraction of sp³-hybridized carbons (Fsp3) is 0.200. The van der Waals surface area contributed by atoms with Crippen molar-refractivity contribution < 1.29 is 10.0 Å². The number of hydrogen-bond donors (Lipinski definition) is 2. The Morgan fingerprint density at radius 3 is 2.80 bits per heavy atom. The number of nitro groups is 1. The molecule has 0 aliphatic carbocycles. The van der Waals surface area contributed by atoms with E-state index >= 15 is 0 Å². The van der Waals surface area contributed by atoms with Gasteiger partial charge >= 0.3 is 0 Å². The van der Waals surface area contributed by atoms with Gasteiger partial charge in [-0.25, -0.2) is 0 Å². The van der Waals surface area contributed by atoms with Crippen LogP contribution in [0.25, 0.3) is 0 Å². The van der Waals surface area contributed by atoms with Gasteiger partial charge in [0.25, 0.3) is 5.69 Å². The van der Waals surface area contributed by atoms with Crippen molar-refractivity contribution in [1.29, 1.82) is 0 Å². The third kappa shape index (κ3) is 2.98. The molecule has 0 fully saturated rings. The largest absolute Gasteiger partial charge is 0.391 e. The van der Waals surface area contributed by atoms with E-state index in [0.29, 0.717) is 11.3 Å². The summed E-state index contributed by atoms with van der Waals surface area (Å²) >= 11 is 3.91. The Kier molecular flexibility index (Phi) is 4.16. The molecule has 0 amide bonds. The Morgan fingerprint density at radius 2 is 2.27 bits per heavy atom. The molecule has 0 unspecified atom stereocenters. The molecule has 1 aromatic carbocycles. The van der Waals surface area contributed by atoms with Crippen molar-refractivity contribution in [2.45, 2.75) is 6.61 Å². The van der Waals surface area contributed by atoms with Crippen LogP contribution >= 0.6 is 12.6 Å². The van der Waals surface area contributed by atoms with Crippen LogP contribution in [0.1, 0.15) is 11.1 Å². The summed E-state index contributed by atoms with van der Waals surface area (Å²) in [6.45, 7) is -0.351. The molecule has 5 heteroatoms. The van der Waals surface area contributed by atoms with E-state index in [-0.39, 0.29) is 17.9 Å². The smallest absolute Gasteiger partial charge is 0.276 e. The topological polar surface area (TPSA) is 63.4 Å². The lowest BCUT2D eigenvalue weighted by molar-refractivity contribution is -0.385. The number of nitro benzene ring substituents is 1. The predicted octanol–water partition coefficient (Wildman–Crippen LogP) is 1.37. The highest BCUT2D eigenvalue weighted by Crippen LogP contribution is 2.19. The van der Waals surface area contributed by atoms with Crippen LogP contribution in [0.5, 0.6) is 0 Å². The van der Waals surface area contributed by atoms with Crippen molar-refractivity contribution in [3.8, 4) is 11.8 Å². The number of hydrogen-bond acceptors (Lipinski definition) is 4. The molecule has 0 aliphatic rings. The molecular formula is C10H9NO3S.